The monoisotopic (exact) mass is 214 g/mol. The van der Waals surface area contributed by atoms with Crippen LogP contribution in [-0.4, -0.2) is 6.10 Å². The lowest BCUT2D eigenvalue weighted by Gasteiger charge is -2.30. The molecular formula is C13H23FO. The van der Waals surface area contributed by atoms with E-state index in [9.17, 15) is 4.53 Å². The molecule has 2 rings (SSSR count). The third-order valence-corrected chi connectivity index (χ3v) is 4.31. The minimum atomic E-state index is -0.0902. The van der Waals surface area contributed by atoms with E-state index < -0.39 is 0 Å². The van der Waals surface area contributed by atoms with Crippen LogP contribution in [0.3, 0.4) is 0 Å². The van der Waals surface area contributed by atoms with Crippen molar-refractivity contribution in [3.8, 4) is 0 Å². The zero-order chi connectivity index (χ0) is 10.5. The molecule has 0 N–H and O–H groups in total. The van der Waals surface area contributed by atoms with Crippen LogP contribution in [0.15, 0.2) is 0 Å². The second-order valence-corrected chi connectivity index (χ2v) is 5.47. The molecule has 0 bridgehead atoms. The van der Waals surface area contributed by atoms with E-state index in [1.165, 1.54) is 51.4 Å². The Bertz CT molecular complexity index is 169. The van der Waals surface area contributed by atoms with E-state index in [4.69, 9.17) is 0 Å². The molecule has 2 heteroatoms. The fourth-order valence-corrected chi connectivity index (χ4v) is 3.35. The highest BCUT2D eigenvalue weighted by atomic mass is 19.3. The first kappa shape index (κ1) is 11.4. The Hall–Kier alpha value is -0.110. The van der Waals surface area contributed by atoms with Gasteiger partial charge in [0.25, 0.3) is 0 Å². The Labute approximate surface area is 92.3 Å². The molecule has 0 atom stereocenters. The quantitative estimate of drug-likeness (QED) is 0.676. The van der Waals surface area contributed by atoms with Gasteiger partial charge in [0.2, 0.25) is 0 Å². The van der Waals surface area contributed by atoms with Crippen LogP contribution in [0.5, 0.6) is 0 Å². The lowest BCUT2D eigenvalue weighted by Crippen LogP contribution is -2.21. The number of hydrogen-bond donors (Lipinski definition) is 0. The average molecular weight is 214 g/mol. The molecule has 1 nitrogen and oxygen atoms in total. The fourth-order valence-electron chi connectivity index (χ4n) is 3.35. The topological polar surface area (TPSA) is 9.23 Å². The maximum atomic E-state index is 12.0. The summed E-state index contributed by atoms with van der Waals surface area (Å²) in [5.74, 6) is 1.84. The zero-order valence-corrected chi connectivity index (χ0v) is 9.59. The van der Waals surface area contributed by atoms with Crippen molar-refractivity contribution in [2.45, 2.75) is 70.3 Å². The molecule has 0 saturated heterocycles. The van der Waals surface area contributed by atoms with Gasteiger partial charge in [0, 0.05) is 0 Å². The van der Waals surface area contributed by atoms with Crippen molar-refractivity contribution >= 4 is 0 Å². The summed E-state index contributed by atoms with van der Waals surface area (Å²) in [4.78, 5) is 3.93. The summed E-state index contributed by atoms with van der Waals surface area (Å²) in [5, 5.41) is 0. The first-order valence-corrected chi connectivity index (χ1v) is 6.66. The number of hydrogen-bond acceptors (Lipinski definition) is 1. The first-order chi connectivity index (χ1) is 7.38. The van der Waals surface area contributed by atoms with Crippen molar-refractivity contribution in [1.82, 2.24) is 0 Å². The third-order valence-electron chi connectivity index (χ3n) is 4.31. The van der Waals surface area contributed by atoms with E-state index in [1.54, 1.807) is 0 Å². The molecule has 0 aromatic rings. The molecule has 0 aliphatic heterocycles. The van der Waals surface area contributed by atoms with E-state index in [2.05, 4.69) is 4.94 Å². The predicted octanol–water partition coefficient (Wildman–Crippen LogP) is 4.42. The van der Waals surface area contributed by atoms with E-state index in [0.29, 0.717) is 0 Å². The molecule has 88 valence electrons. The molecule has 2 fully saturated rings. The SMILES string of the molecule is FOC1CCC(CC2CCCCC2)CC1. The Morgan fingerprint density at radius 2 is 1.40 bits per heavy atom. The van der Waals surface area contributed by atoms with Crippen molar-refractivity contribution in [3.05, 3.63) is 0 Å². The first-order valence-electron chi connectivity index (χ1n) is 6.66. The van der Waals surface area contributed by atoms with Crippen molar-refractivity contribution < 1.29 is 9.47 Å². The van der Waals surface area contributed by atoms with Crippen LogP contribution in [0, 0.1) is 11.8 Å². The summed E-state index contributed by atoms with van der Waals surface area (Å²) in [6.07, 6.45) is 12.8. The molecule has 0 aromatic heterocycles. The molecule has 2 aliphatic rings. The van der Waals surface area contributed by atoms with Gasteiger partial charge < -0.3 is 0 Å². The highest BCUT2D eigenvalue weighted by Crippen LogP contribution is 2.35. The van der Waals surface area contributed by atoms with E-state index >= 15 is 0 Å². The van der Waals surface area contributed by atoms with Crippen LogP contribution in [-0.2, 0) is 4.94 Å². The second-order valence-electron chi connectivity index (χ2n) is 5.47. The molecule has 0 radical (unpaired) electrons. The Morgan fingerprint density at radius 1 is 0.800 bits per heavy atom. The Morgan fingerprint density at radius 3 is 2.00 bits per heavy atom. The van der Waals surface area contributed by atoms with Crippen LogP contribution < -0.4 is 0 Å². The standard InChI is InChI=1S/C13H23FO/c14-15-13-8-6-12(7-9-13)10-11-4-2-1-3-5-11/h11-13H,1-10H2. The summed E-state index contributed by atoms with van der Waals surface area (Å²) in [7, 11) is 0. The van der Waals surface area contributed by atoms with Gasteiger partial charge in [-0.15, -0.1) is 0 Å². The summed E-state index contributed by atoms with van der Waals surface area (Å²) < 4.78 is 12.0. The summed E-state index contributed by atoms with van der Waals surface area (Å²) in [5.41, 5.74) is 0. The van der Waals surface area contributed by atoms with Gasteiger partial charge >= 0.3 is 0 Å². The zero-order valence-electron chi connectivity index (χ0n) is 9.59. The molecule has 2 saturated carbocycles. The van der Waals surface area contributed by atoms with Gasteiger partial charge in [-0.2, -0.15) is 4.94 Å². The second kappa shape index (κ2) is 5.83. The predicted molar refractivity (Wildman–Crippen MR) is 59.1 cm³/mol. The van der Waals surface area contributed by atoms with Gasteiger partial charge in [-0.1, -0.05) is 32.1 Å². The van der Waals surface area contributed by atoms with Gasteiger partial charge in [-0.25, -0.2) is 0 Å². The van der Waals surface area contributed by atoms with Gasteiger partial charge in [0.1, 0.15) is 0 Å². The highest BCUT2D eigenvalue weighted by Gasteiger charge is 2.25. The van der Waals surface area contributed by atoms with Gasteiger partial charge in [-0.3, -0.25) is 0 Å². The number of halogens is 1. The van der Waals surface area contributed by atoms with Crippen LogP contribution in [0.25, 0.3) is 0 Å². The largest absolute Gasteiger partial charge is 0.191 e. The van der Waals surface area contributed by atoms with Crippen molar-refractivity contribution in [1.29, 1.82) is 0 Å². The van der Waals surface area contributed by atoms with E-state index in [-0.39, 0.29) is 6.10 Å². The molecule has 0 unspecified atom stereocenters. The van der Waals surface area contributed by atoms with Crippen molar-refractivity contribution in [2.24, 2.45) is 11.8 Å². The molecule has 15 heavy (non-hydrogen) atoms. The fraction of sp³-hybridized carbons (Fsp3) is 1.00. The van der Waals surface area contributed by atoms with E-state index in [0.717, 1.165) is 24.7 Å². The molecule has 0 spiro atoms. The maximum absolute atomic E-state index is 12.0. The summed E-state index contributed by atoms with van der Waals surface area (Å²) in [6, 6.07) is 0. The van der Waals surface area contributed by atoms with Crippen LogP contribution in [0.2, 0.25) is 0 Å². The lowest BCUT2D eigenvalue weighted by molar-refractivity contribution is -0.190. The van der Waals surface area contributed by atoms with Crippen LogP contribution in [0.1, 0.15) is 64.2 Å². The third kappa shape index (κ3) is 3.44. The van der Waals surface area contributed by atoms with E-state index in [1.807, 2.05) is 0 Å². The minimum absolute atomic E-state index is 0.0902. The van der Waals surface area contributed by atoms with Crippen molar-refractivity contribution in [3.63, 3.8) is 0 Å². The Kier molecular flexibility index (Phi) is 4.42. The lowest BCUT2D eigenvalue weighted by atomic mass is 9.77. The molecule has 0 amide bonds. The average Bonchev–Trinajstić information content (AvgIpc) is 2.31. The van der Waals surface area contributed by atoms with Gasteiger partial charge in [0.15, 0.2) is 0 Å². The Balaban J connectivity index is 1.67. The molecule has 0 heterocycles. The van der Waals surface area contributed by atoms with Crippen molar-refractivity contribution in [2.75, 3.05) is 0 Å². The van der Waals surface area contributed by atoms with Crippen LogP contribution >= 0.6 is 0 Å². The smallest absolute Gasteiger partial charge is 0.0983 e. The molecule has 2 aliphatic carbocycles. The normalized spacial score (nSPS) is 34.2. The summed E-state index contributed by atoms with van der Waals surface area (Å²) >= 11 is 0. The molecular weight excluding hydrogens is 191 g/mol. The van der Waals surface area contributed by atoms with Gasteiger partial charge in [0.05, 0.1) is 6.10 Å². The summed E-state index contributed by atoms with van der Waals surface area (Å²) in [6.45, 7) is 0. The number of rotatable bonds is 3. The maximum Gasteiger partial charge on any atom is 0.0983 e. The van der Waals surface area contributed by atoms with Crippen LogP contribution in [0.4, 0.5) is 4.53 Å². The highest BCUT2D eigenvalue weighted by molar-refractivity contribution is 4.76. The van der Waals surface area contributed by atoms with Gasteiger partial charge in [-0.05, 0) is 48.5 Å². The molecule has 0 aromatic carbocycles. The minimum Gasteiger partial charge on any atom is -0.191 e.